The van der Waals surface area contributed by atoms with E-state index in [0.29, 0.717) is 17.5 Å². The highest BCUT2D eigenvalue weighted by atomic mass is 16.4. The zero-order chi connectivity index (χ0) is 12.3. The summed E-state index contributed by atoms with van der Waals surface area (Å²) in [5.74, 6) is -1.49. The molecule has 0 saturated heterocycles. The van der Waals surface area contributed by atoms with E-state index < -0.39 is 12.0 Å². The number of aliphatic carboxylic acids is 1. The first-order valence-corrected chi connectivity index (χ1v) is 4.98. The number of nitrogens with two attached hydrogens (primary N) is 1. The molecule has 0 heterocycles. The van der Waals surface area contributed by atoms with E-state index in [1.807, 2.05) is 6.92 Å². The van der Waals surface area contributed by atoms with E-state index in [9.17, 15) is 15.0 Å². The molecule has 0 saturated carbocycles. The third-order valence-electron chi connectivity index (χ3n) is 2.47. The molecule has 1 aromatic rings. The fourth-order valence-corrected chi connectivity index (χ4v) is 1.58. The Morgan fingerprint density at radius 1 is 1.44 bits per heavy atom. The number of aromatic hydroxyl groups is 2. The van der Waals surface area contributed by atoms with Crippen LogP contribution in [0.2, 0.25) is 0 Å². The Kier molecular flexibility index (Phi) is 3.73. The summed E-state index contributed by atoms with van der Waals surface area (Å²) >= 11 is 0. The van der Waals surface area contributed by atoms with Crippen LogP contribution in [-0.2, 0) is 17.6 Å². The van der Waals surface area contributed by atoms with Gasteiger partial charge in [0.15, 0.2) is 11.5 Å². The van der Waals surface area contributed by atoms with Crippen LogP contribution in [0.5, 0.6) is 11.5 Å². The number of hydrogen-bond donors (Lipinski definition) is 4. The van der Waals surface area contributed by atoms with Crippen molar-refractivity contribution in [3.05, 3.63) is 23.3 Å². The Bertz CT molecular complexity index is 403. The minimum Gasteiger partial charge on any atom is -0.504 e. The van der Waals surface area contributed by atoms with E-state index >= 15 is 0 Å². The molecule has 5 heteroatoms. The molecule has 0 aliphatic heterocycles. The number of phenolic OH excluding ortho intramolecular Hbond substituents is 2. The molecular weight excluding hydrogens is 210 g/mol. The number of benzene rings is 1. The maximum atomic E-state index is 10.6. The molecule has 1 aromatic carbocycles. The molecule has 16 heavy (non-hydrogen) atoms. The fraction of sp³-hybridized carbons (Fsp3) is 0.364. The highest BCUT2D eigenvalue weighted by Gasteiger charge is 2.17. The van der Waals surface area contributed by atoms with Crippen molar-refractivity contribution < 1.29 is 20.1 Å². The Labute approximate surface area is 93.1 Å². The molecule has 1 rings (SSSR count). The lowest BCUT2D eigenvalue weighted by molar-refractivity contribution is -0.138. The van der Waals surface area contributed by atoms with Crippen LogP contribution in [0.15, 0.2) is 12.1 Å². The summed E-state index contributed by atoms with van der Waals surface area (Å²) in [5, 5.41) is 27.6. The van der Waals surface area contributed by atoms with E-state index in [1.54, 1.807) is 6.07 Å². The number of hydrogen-bond acceptors (Lipinski definition) is 4. The van der Waals surface area contributed by atoms with E-state index in [2.05, 4.69) is 0 Å². The molecule has 88 valence electrons. The van der Waals surface area contributed by atoms with Crippen molar-refractivity contribution in [1.29, 1.82) is 0 Å². The smallest absolute Gasteiger partial charge is 0.320 e. The van der Waals surface area contributed by atoms with Gasteiger partial charge in [-0.25, -0.2) is 0 Å². The molecule has 0 unspecified atom stereocenters. The van der Waals surface area contributed by atoms with Crippen LogP contribution in [0, 0.1) is 0 Å². The van der Waals surface area contributed by atoms with Crippen LogP contribution in [0.4, 0.5) is 0 Å². The van der Waals surface area contributed by atoms with Gasteiger partial charge in [0.25, 0.3) is 0 Å². The molecular formula is C11H15NO4. The number of carbonyl (C=O) groups is 1. The standard InChI is InChI=1S/C11H15NO4/c1-2-7-6(5-8(12)11(15)16)3-4-9(13)10(7)14/h3-4,8,13-14H,2,5,12H2,1H3,(H,15,16)/t8-/m0/s1. The van der Waals surface area contributed by atoms with Gasteiger partial charge in [0.2, 0.25) is 0 Å². The van der Waals surface area contributed by atoms with Gasteiger partial charge in [-0.15, -0.1) is 0 Å². The number of carboxylic acid groups (broad SMARTS) is 1. The average Bonchev–Trinajstić information content (AvgIpc) is 2.23. The van der Waals surface area contributed by atoms with Gasteiger partial charge in [-0.1, -0.05) is 13.0 Å². The van der Waals surface area contributed by atoms with Gasteiger partial charge >= 0.3 is 5.97 Å². The van der Waals surface area contributed by atoms with Crippen LogP contribution in [-0.4, -0.2) is 27.3 Å². The first-order valence-electron chi connectivity index (χ1n) is 4.98. The monoisotopic (exact) mass is 225 g/mol. The van der Waals surface area contributed by atoms with Gasteiger partial charge in [0.1, 0.15) is 6.04 Å². The van der Waals surface area contributed by atoms with E-state index in [-0.39, 0.29) is 17.9 Å². The number of phenols is 2. The third kappa shape index (κ3) is 2.43. The maximum Gasteiger partial charge on any atom is 0.320 e. The maximum absolute atomic E-state index is 10.6. The molecule has 0 aliphatic rings. The summed E-state index contributed by atoms with van der Waals surface area (Å²) in [4.78, 5) is 10.6. The normalized spacial score (nSPS) is 12.4. The molecule has 0 fully saturated rings. The Hall–Kier alpha value is -1.75. The predicted molar refractivity (Wildman–Crippen MR) is 58.5 cm³/mol. The zero-order valence-corrected chi connectivity index (χ0v) is 8.97. The second-order valence-electron chi connectivity index (χ2n) is 3.57. The lowest BCUT2D eigenvalue weighted by Crippen LogP contribution is -2.32. The molecule has 0 aromatic heterocycles. The molecule has 0 bridgehead atoms. The van der Waals surface area contributed by atoms with Crippen LogP contribution in [0.3, 0.4) is 0 Å². The quantitative estimate of drug-likeness (QED) is 0.562. The highest BCUT2D eigenvalue weighted by Crippen LogP contribution is 2.32. The number of carboxylic acids is 1. The highest BCUT2D eigenvalue weighted by molar-refractivity contribution is 5.73. The van der Waals surface area contributed by atoms with Crippen molar-refractivity contribution in [1.82, 2.24) is 0 Å². The summed E-state index contributed by atoms with van der Waals surface area (Å²) in [5.41, 5.74) is 6.60. The fourth-order valence-electron chi connectivity index (χ4n) is 1.58. The average molecular weight is 225 g/mol. The van der Waals surface area contributed by atoms with Crippen molar-refractivity contribution in [2.75, 3.05) is 0 Å². The topological polar surface area (TPSA) is 104 Å². The molecule has 5 N–H and O–H groups in total. The summed E-state index contributed by atoms with van der Waals surface area (Å²) in [6.07, 6.45) is 0.633. The molecule has 0 radical (unpaired) electrons. The van der Waals surface area contributed by atoms with Gasteiger partial charge in [-0.2, -0.15) is 0 Å². The first-order chi connectivity index (χ1) is 7.47. The lowest BCUT2D eigenvalue weighted by atomic mass is 9.97. The SMILES string of the molecule is CCc1c(C[C@H](N)C(=O)O)ccc(O)c1O. The molecule has 5 nitrogen and oxygen atoms in total. The van der Waals surface area contributed by atoms with Gasteiger partial charge in [0, 0.05) is 5.56 Å². The van der Waals surface area contributed by atoms with Crippen molar-refractivity contribution >= 4 is 5.97 Å². The Balaban J connectivity index is 3.05. The minimum atomic E-state index is -1.09. The van der Waals surface area contributed by atoms with Gasteiger partial charge in [-0.05, 0) is 24.5 Å². The van der Waals surface area contributed by atoms with Gasteiger partial charge in [0.05, 0.1) is 0 Å². The Morgan fingerprint density at radius 3 is 2.56 bits per heavy atom. The van der Waals surface area contributed by atoms with Gasteiger partial charge < -0.3 is 21.1 Å². The van der Waals surface area contributed by atoms with Crippen LogP contribution in [0.25, 0.3) is 0 Å². The molecule has 1 atom stereocenters. The van der Waals surface area contributed by atoms with Gasteiger partial charge in [-0.3, -0.25) is 4.79 Å². The van der Waals surface area contributed by atoms with E-state index in [0.717, 1.165) is 0 Å². The molecule has 0 amide bonds. The summed E-state index contributed by atoms with van der Waals surface area (Å²) in [6.45, 7) is 1.81. The van der Waals surface area contributed by atoms with Crippen molar-refractivity contribution in [3.63, 3.8) is 0 Å². The van der Waals surface area contributed by atoms with E-state index in [1.165, 1.54) is 6.07 Å². The summed E-state index contributed by atoms with van der Waals surface area (Å²) in [7, 11) is 0. The predicted octanol–water partition coefficient (Wildman–Crippen LogP) is 0.615. The van der Waals surface area contributed by atoms with E-state index in [4.69, 9.17) is 10.8 Å². The largest absolute Gasteiger partial charge is 0.504 e. The second-order valence-corrected chi connectivity index (χ2v) is 3.57. The lowest BCUT2D eigenvalue weighted by Gasteiger charge is -2.13. The Morgan fingerprint density at radius 2 is 2.06 bits per heavy atom. The summed E-state index contributed by atoms with van der Waals surface area (Å²) < 4.78 is 0. The van der Waals surface area contributed by atoms with Crippen molar-refractivity contribution in [2.24, 2.45) is 5.73 Å². The van der Waals surface area contributed by atoms with Crippen LogP contribution >= 0.6 is 0 Å². The molecule has 0 spiro atoms. The third-order valence-corrected chi connectivity index (χ3v) is 2.47. The second kappa shape index (κ2) is 4.85. The minimum absolute atomic E-state index is 0.131. The first kappa shape index (κ1) is 12.3. The van der Waals surface area contributed by atoms with Crippen LogP contribution in [0.1, 0.15) is 18.1 Å². The summed E-state index contributed by atoms with van der Waals surface area (Å²) in [6, 6.07) is 1.91. The molecule has 0 aliphatic carbocycles. The van der Waals surface area contributed by atoms with Crippen molar-refractivity contribution in [2.45, 2.75) is 25.8 Å². The zero-order valence-electron chi connectivity index (χ0n) is 8.97. The number of rotatable bonds is 4. The van der Waals surface area contributed by atoms with Crippen molar-refractivity contribution in [3.8, 4) is 11.5 Å². The van der Waals surface area contributed by atoms with Crippen LogP contribution < -0.4 is 5.73 Å².